The normalized spacial score (nSPS) is 12.4. The lowest BCUT2D eigenvalue weighted by Crippen LogP contribution is -2.43. The van der Waals surface area contributed by atoms with Crippen LogP contribution in [0.4, 0.5) is 5.69 Å². The Hall–Kier alpha value is -2.09. The number of carbonyl (C=O) groups excluding carboxylic acids is 1. The zero-order valence-corrected chi connectivity index (χ0v) is 20.7. The molecule has 1 rings (SSSR count). The molecule has 0 aliphatic carbocycles. The van der Waals surface area contributed by atoms with Crippen molar-refractivity contribution in [2.24, 2.45) is 5.92 Å². The van der Waals surface area contributed by atoms with Gasteiger partial charge in [-0.15, -0.1) is 0 Å². The van der Waals surface area contributed by atoms with Crippen molar-refractivity contribution < 1.29 is 4.79 Å². The minimum Gasteiger partial charge on any atom is -0.367 e. The van der Waals surface area contributed by atoms with Crippen LogP contribution in [-0.2, 0) is 4.79 Å². The van der Waals surface area contributed by atoms with Gasteiger partial charge in [0.05, 0.1) is 10.6 Å². The van der Waals surface area contributed by atoms with E-state index in [1.54, 1.807) is 0 Å². The molecule has 1 N–H and O–H groups in total. The maximum Gasteiger partial charge on any atom is 0.106 e. The summed E-state index contributed by atoms with van der Waals surface area (Å²) in [6.45, 7) is 12.8. The molecule has 31 heavy (non-hydrogen) atoms. The molecule has 0 fully saturated rings. The average Bonchev–Trinajstić information content (AvgIpc) is 2.75. The molecule has 0 aliphatic rings. The first-order chi connectivity index (χ1) is 14.9. The summed E-state index contributed by atoms with van der Waals surface area (Å²) in [5.74, 6) is 0.541. The highest BCUT2D eigenvalue weighted by molar-refractivity contribution is 6.32. The third-order valence-electron chi connectivity index (χ3n) is 4.96. The van der Waals surface area contributed by atoms with E-state index in [1.165, 1.54) is 18.4 Å². The first-order valence-electron chi connectivity index (χ1n) is 11.1. The quantitative estimate of drug-likeness (QED) is 0.276. The molecule has 1 unspecified atom stereocenters. The Morgan fingerprint density at radius 1 is 1.32 bits per heavy atom. The predicted molar refractivity (Wildman–Crippen MR) is 135 cm³/mol. The van der Waals surface area contributed by atoms with Crippen molar-refractivity contribution in [1.29, 1.82) is 5.26 Å². The van der Waals surface area contributed by atoms with Crippen LogP contribution in [0.25, 0.3) is 0 Å². The summed E-state index contributed by atoms with van der Waals surface area (Å²) in [5, 5.41) is 13.1. The largest absolute Gasteiger partial charge is 0.367 e. The van der Waals surface area contributed by atoms with Crippen LogP contribution in [0.1, 0.15) is 65.4 Å². The van der Waals surface area contributed by atoms with Crippen molar-refractivity contribution in [3.63, 3.8) is 0 Å². The molecule has 0 heterocycles. The zero-order valence-electron chi connectivity index (χ0n) is 20.0. The highest BCUT2D eigenvalue weighted by atomic mass is 35.5. The molecule has 0 spiro atoms. The van der Waals surface area contributed by atoms with Gasteiger partial charge in [0.25, 0.3) is 0 Å². The van der Waals surface area contributed by atoms with E-state index in [4.69, 9.17) is 16.4 Å². The third kappa shape index (κ3) is 11.8. The number of hydrogen-bond acceptors (Lipinski definition) is 4. The van der Waals surface area contributed by atoms with Crippen molar-refractivity contribution in [3.8, 4) is 6.07 Å². The van der Waals surface area contributed by atoms with Crippen LogP contribution in [0, 0.1) is 17.2 Å². The summed E-state index contributed by atoms with van der Waals surface area (Å²) in [7, 11) is 2.01. The fourth-order valence-corrected chi connectivity index (χ4v) is 3.69. The molecule has 0 aromatic heterocycles. The molecular formula is C26H40ClN3O. The maximum atomic E-state index is 9.18. The van der Waals surface area contributed by atoms with Gasteiger partial charge >= 0.3 is 0 Å². The lowest BCUT2D eigenvalue weighted by molar-refractivity contribution is -0.0979. The number of allylic oxidation sites excluding steroid dienone is 4. The van der Waals surface area contributed by atoms with E-state index in [2.05, 4.69) is 62.2 Å². The van der Waals surface area contributed by atoms with E-state index >= 15 is 0 Å². The fourth-order valence-electron chi connectivity index (χ4n) is 3.47. The number of nitriles is 1. The number of likely N-dealkylation sites (N-methyl/N-ethyl adjacent to an activating group) is 1. The van der Waals surface area contributed by atoms with Crippen LogP contribution < -0.4 is 10.2 Å². The summed E-state index contributed by atoms with van der Waals surface area (Å²) in [6.07, 6.45) is 12.3. The zero-order chi connectivity index (χ0) is 23.6. The van der Waals surface area contributed by atoms with Gasteiger partial charge in [-0.2, -0.15) is 5.26 Å². The average molecular weight is 446 g/mol. The molecular weight excluding hydrogens is 406 g/mol. The molecule has 1 atom stereocenters. The second-order valence-electron chi connectivity index (χ2n) is 8.13. The number of nitrogens with zero attached hydrogens (tertiary/aromatic N) is 2. The maximum absolute atomic E-state index is 9.18. The minimum atomic E-state index is 0.399. The Kier molecular flexibility index (Phi) is 16.4. The van der Waals surface area contributed by atoms with E-state index in [-0.39, 0.29) is 0 Å². The topological polar surface area (TPSA) is 56.1 Å². The first kappa shape index (κ1) is 28.9. The van der Waals surface area contributed by atoms with Crippen LogP contribution in [0.15, 0.2) is 42.0 Å². The first-order valence-corrected chi connectivity index (χ1v) is 11.5. The molecule has 1 aromatic carbocycles. The molecule has 1 aromatic rings. The van der Waals surface area contributed by atoms with Gasteiger partial charge in [-0.3, -0.25) is 0 Å². The predicted octanol–water partition coefficient (Wildman–Crippen LogP) is 6.55. The van der Waals surface area contributed by atoms with Gasteiger partial charge in [0.2, 0.25) is 0 Å². The number of benzene rings is 1. The van der Waals surface area contributed by atoms with E-state index in [0.717, 1.165) is 38.0 Å². The summed E-state index contributed by atoms with van der Waals surface area (Å²) in [6, 6.07) is 8.36. The summed E-state index contributed by atoms with van der Waals surface area (Å²) >= 11 is 6.33. The van der Waals surface area contributed by atoms with Crippen LogP contribution in [-0.4, -0.2) is 33.0 Å². The van der Waals surface area contributed by atoms with Crippen molar-refractivity contribution >= 4 is 24.1 Å². The Morgan fingerprint density at radius 3 is 2.58 bits per heavy atom. The summed E-state index contributed by atoms with van der Waals surface area (Å²) < 4.78 is 0. The summed E-state index contributed by atoms with van der Waals surface area (Å²) in [5.41, 5.74) is 3.07. The third-order valence-corrected chi connectivity index (χ3v) is 5.27. The molecule has 172 valence electrons. The Bertz CT molecular complexity index is 722. The van der Waals surface area contributed by atoms with Crippen LogP contribution in [0.5, 0.6) is 0 Å². The van der Waals surface area contributed by atoms with Gasteiger partial charge in [0, 0.05) is 24.8 Å². The lowest BCUT2D eigenvalue weighted by atomic mass is 10.0. The SMILES string of the molecule is C=O.CC/C=C\C=C(/C)CCCCC(CNC)N(CC(C)C)c1ccc(C#N)c(Cl)c1. The van der Waals surface area contributed by atoms with Gasteiger partial charge in [-0.05, 0) is 63.8 Å². The molecule has 0 saturated carbocycles. The standard InChI is InChI=1S/C25H38ClN3.CH2O/c1-6-7-8-11-21(4)12-9-10-13-24(18-28-5)29(19-20(2)3)23-15-14-22(17-27)25(26)16-23;1-2/h7-8,11,14-16,20,24,28H,6,9-10,12-13,18-19H2,1-5H3;1H2/b8-7-,21-11+;. The molecule has 0 amide bonds. The lowest BCUT2D eigenvalue weighted by Gasteiger charge is -2.35. The highest BCUT2D eigenvalue weighted by Crippen LogP contribution is 2.27. The molecule has 0 bridgehead atoms. The second kappa shape index (κ2) is 17.6. The van der Waals surface area contributed by atoms with E-state index < -0.39 is 0 Å². The number of carbonyl (C=O) groups is 1. The molecule has 5 heteroatoms. The van der Waals surface area contributed by atoms with Crippen molar-refractivity contribution in [2.75, 3.05) is 25.0 Å². The Balaban J connectivity index is 0.00000436. The van der Waals surface area contributed by atoms with Gasteiger partial charge in [-0.1, -0.05) is 62.6 Å². The number of hydrogen-bond donors (Lipinski definition) is 1. The van der Waals surface area contributed by atoms with Crippen molar-refractivity contribution in [1.82, 2.24) is 5.32 Å². The number of anilines is 1. The van der Waals surface area contributed by atoms with E-state index in [9.17, 15) is 5.26 Å². The Labute approximate surface area is 195 Å². The van der Waals surface area contributed by atoms with Gasteiger partial charge in [0.15, 0.2) is 0 Å². The number of unbranched alkanes of at least 4 members (excludes halogenated alkanes) is 1. The number of halogens is 1. The van der Waals surface area contributed by atoms with Crippen LogP contribution >= 0.6 is 11.6 Å². The Morgan fingerprint density at radius 2 is 2.03 bits per heavy atom. The highest BCUT2D eigenvalue weighted by Gasteiger charge is 2.20. The molecule has 0 radical (unpaired) electrons. The molecule has 4 nitrogen and oxygen atoms in total. The monoisotopic (exact) mass is 445 g/mol. The van der Waals surface area contributed by atoms with Gasteiger partial charge in [-0.25, -0.2) is 0 Å². The van der Waals surface area contributed by atoms with Crippen LogP contribution in [0.2, 0.25) is 5.02 Å². The summed E-state index contributed by atoms with van der Waals surface area (Å²) in [4.78, 5) is 10.5. The van der Waals surface area contributed by atoms with Crippen molar-refractivity contribution in [2.45, 2.75) is 65.8 Å². The second-order valence-corrected chi connectivity index (χ2v) is 8.54. The van der Waals surface area contributed by atoms with Crippen molar-refractivity contribution in [3.05, 3.63) is 52.6 Å². The smallest absolute Gasteiger partial charge is 0.106 e. The number of nitrogens with one attached hydrogen (secondary N) is 1. The fraction of sp³-hybridized carbons (Fsp3) is 0.538. The minimum absolute atomic E-state index is 0.399. The number of rotatable bonds is 13. The van der Waals surface area contributed by atoms with E-state index in [0.29, 0.717) is 22.5 Å². The van der Waals surface area contributed by atoms with Gasteiger partial charge in [0.1, 0.15) is 12.9 Å². The van der Waals surface area contributed by atoms with Gasteiger partial charge < -0.3 is 15.0 Å². The van der Waals surface area contributed by atoms with Crippen LogP contribution in [0.3, 0.4) is 0 Å². The van der Waals surface area contributed by atoms with E-state index in [1.807, 2.05) is 32.0 Å². The molecule has 0 aliphatic heterocycles. The molecule has 0 saturated heterocycles.